The number of amides is 5. The van der Waals surface area contributed by atoms with Crippen molar-refractivity contribution in [1.82, 2.24) is 24.9 Å². The van der Waals surface area contributed by atoms with Crippen molar-refractivity contribution in [3.63, 3.8) is 0 Å². The fourth-order valence-electron chi connectivity index (χ4n) is 3.67. The Labute approximate surface area is 160 Å². The summed E-state index contributed by atoms with van der Waals surface area (Å²) in [5, 5.41) is 2.73. The second-order valence-electron chi connectivity index (χ2n) is 6.49. The molecule has 0 radical (unpaired) electrons. The van der Waals surface area contributed by atoms with Gasteiger partial charge in [-0.25, -0.2) is 9.59 Å². The van der Waals surface area contributed by atoms with Crippen LogP contribution in [-0.4, -0.2) is 82.6 Å². The molecule has 2 heterocycles. The molecule has 0 aliphatic carbocycles. The Morgan fingerprint density at radius 2 is 1.85 bits per heavy atom. The summed E-state index contributed by atoms with van der Waals surface area (Å²) in [4.78, 5) is 45.3. The van der Waals surface area contributed by atoms with E-state index < -0.39 is 23.8 Å². The minimum atomic E-state index is -1.46. The minimum Gasteiger partial charge on any atom is -0.334 e. The number of rotatable bonds is 9. The number of unbranched alkanes of at least 4 members (excludes halogenated alkanes) is 1. The first-order valence-electron chi connectivity index (χ1n) is 9.27. The lowest BCUT2D eigenvalue weighted by Gasteiger charge is -2.43. The third kappa shape index (κ3) is 3.37. The van der Waals surface area contributed by atoms with E-state index in [0.717, 1.165) is 17.7 Å². The number of carbonyl (C=O) groups is 3. The highest BCUT2D eigenvalue weighted by atomic mass is 16.2. The maximum absolute atomic E-state index is 13.5. The molecule has 1 spiro atoms. The van der Waals surface area contributed by atoms with E-state index >= 15 is 0 Å². The molecular weight excluding hydrogens is 346 g/mol. The summed E-state index contributed by atoms with van der Waals surface area (Å²) < 4.78 is 0. The summed E-state index contributed by atoms with van der Waals surface area (Å²) in [6.07, 6.45) is 6.45. The summed E-state index contributed by atoms with van der Waals surface area (Å²) in [6.45, 7) is 15.0. The van der Waals surface area contributed by atoms with Crippen LogP contribution in [0.25, 0.3) is 0 Å². The topological polar surface area (TPSA) is 76.2 Å². The van der Waals surface area contributed by atoms with Crippen LogP contribution < -0.4 is 5.32 Å². The Kier molecular flexibility index (Phi) is 6.79. The molecule has 0 aromatic carbocycles. The van der Waals surface area contributed by atoms with Gasteiger partial charge in [-0.2, -0.15) is 0 Å². The van der Waals surface area contributed by atoms with Crippen LogP contribution in [0.15, 0.2) is 38.0 Å². The molecular formula is C19H29N5O3. The third-order valence-corrected chi connectivity index (χ3v) is 4.83. The molecule has 1 unspecified atom stereocenters. The quantitative estimate of drug-likeness (QED) is 0.490. The second-order valence-corrected chi connectivity index (χ2v) is 6.49. The smallest absolute Gasteiger partial charge is 0.330 e. The zero-order valence-electron chi connectivity index (χ0n) is 16.0. The van der Waals surface area contributed by atoms with Gasteiger partial charge in [-0.3, -0.25) is 24.4 Å². The minimum absolute atomic E-state index is 0.0940. The molecule has 2 saturated heterocycles. The van der Waals surface area contributed by atoms with Crippen molar-refractivity contribution in [2.45, 2.75) is 25.6 Å². The molecule has 0 bridgehead atoms. The number of imide groups is 1. The fourth-order valence-corrected chi connectivity index (χ4v) is 3.67. The van der Waals surface area contributed by atoms with E-state index in [4.69, 9.17) is 0 Å². The molecule has 5 amide bonds. The van der Waals surface area contributed by atoms with Crippen molar-refractivity contribution in [3.05, 3.63) is 38.0 Å². The number of nitrogens with one attached hydrogen (secondary N) is 1. The average Bonchev–Trinajstić information content (AvgIpc) is 3.13. The number of urea groups is 2. The van der Waals surface area contributed by atoms with Crippen molar-refractivity contribution in [1.29, 1.82) is 0 Å². The standard InChI is InChI=1S/C19H29N5O3/c1-5-9-13-21-14-15-23(17(26)20-10-6-2)19(21)16(25)22(11-7-3)18(27)24(19)12-8-4/h6-8H,2-5,9-15H2,1H3,(H,20,26). The van der Waals surface area contributed by atoms with Gasteiger partial charge in [-0.05, 0) is 6.42 Å². The van der Waals surface area contributed by atoms with Crippen molar-refractivity contribution in [2.75, 3.05) is 39.3 Å². The normalized spacial score (nSPS) is 22.6. The SMILES string of the molecule is C=CCNC(=O)N1CCN(CCCC)C12C(=O)N(CC=C)C(=O)N2CC=C. The number of hydrogen-bond acceptors (Lipinski definition) is 4. The van der Waals surface area contributed by atoms with Crippen LogP contribution in [0, 0.1) is 0 Å². The van der Waals surface area contributed by atoms with Gasteiger partial charge >= 0.3 is 12.1 Å². The van der Waals surface area contributed by atoms with E-state index in [0.29, 0.717) is 19.6 Å². The lowest BCUT2D eigenvalue weighted by molar-refractivity contribution is -0.151. The Morgan fingerprint density at radius 1 is 1.15 bits per heavy atom. The maximum atomic E-state index is 13.5. The first-order valence-corrected chi connectivity index (χ1v) is 9.27. The molecule has 8 heteroatoms. The molecule has 1 N–H and O–H groups in total. The predicted octanol–water partition coefficient (Wildman–Crippen LogP) is 1.59. The molecule has 148 valence electrons. The van der Waals surface area contributed by atoms with Gasteiger partial charge in [-0.1, -0.05) is 31.6 Å². The highest BCUT2D eigenvalue weighted by Crippen LogP contribution is 2.38. The van der Waals surface area contributed by atoms with Crippen molar-refractivity contribution in [2.24, 2.45) is 0 Å². The Bertz CT molecular complexity index is 635. The van der Waals surface area contributed by atoms with E-state index in [1.165, 1.54) is 15.9 Å². The van der Waals surface area contributed by atoms with Crippen LogP contribution in [0.1, 0.15) is 19.8 Å². The molecule has 0 aromatic rings. The Balaban J connectivity index is 2.53. The summed E-state index contributed by atoms with van der Waals surface area (Å²) in [6, 6.07) is -0.839. The summed E-state index contributed by atoms with van der Waals surface area (Å²) in [5.41, 5.74) is 0. The first-order chi connectivity index (χ1) is 13.0. The van der Waals surface area contributed by atoms with Crippen molar-refractivity contribution in [3.8, 4) is 0 Å². The molecule has 0 aromatic heterocycles. The van der Waals surface area contributed by atoms with Crippen LogP contribution in [0.4, 0.5) is 9.59 Å². The van der Waals surface area contributed by atoms with E-state index in [-0.39, 0.29) is 19.6 Å². The largest absolute Gasteiger partial charge is 0.334 e. The lowest BCUT2D eigenvalue weighted by atomic mass is 10.2. The van der Waals surface area contributed by atoms with Crippen LogP contribution in [0.3, 0.4) is 0 Å². The Hall–Kier alpha value is -2.61. The van der Waals surface area contributed by atoms with Crippen LogP contribution in [0.5, 0.6) is 0 Å². The van der Waals surface area contributed by atoms with E-state index in [2.05, 4.69) is 32.0 Å². The Morgan fingerprint density at radius 3 is 2.44 bits per heavy atom. The van der Waals surface area contributed by atoms with E-state index in [9.17, 15) is 14.4 Å². The monoisotopic (exact) mass is 375 g/mol. The number of hydrogen-bond donors (Lipinski definition) is 1. The second kappa shape index (κ2) is 8.85. The zero-order valence-corrected chi connectivity index (χ0v) is 16.0. The average molecular weight is 375 g/mol. The van der Waals surface area contributed by atoms with E-state index in [1.807, 2.05) is 4.90 Å². The molecule has 2 rings (SSSR count). The zero-order chi connectivity index (χ0) is 20.0. The van der Waals surface area contributed by atoms with Crippen LogP contribution in [-0.2, 0) is 4.79 Å². The van der Waals surface area contributed by atoms with Gasteiger partial charge in [-0.15, -0.1) is 19.7 Å². The summed E-state index contributed by atoms with van der Waals surface area (Å²) >= 11 is 0. The van der Waals surface area contributed by atoms with Gasteiger partial charge in [0.25, 0.3) is 11.7 Å². The molecule has 2 fully saturated rings. The van der Waals surface area contributed by atoms with Gasteiger partial charge in [0.1, 0.15) is 0 Å². The molecule has 0 saturated carbocycles. The van der Waals surface area contributed by atoms with Crippen LogP contribution in [0.2, 0.25) is 0 Å². The van der Waals surface area contributed by atoms with Gasteiger partial charge in [0.05, 0.1) is 0 Å². The molecule has 2 aliphatic rings. The van der Waals surface area contributed by atoms with Gasteiger partial charge < -0.3 is 5.32 Å². The predicted molar refractivity (Wildman–Crippen MR) is 104 cm³/mol. The summed E-state index contributed by atoms with van der Waals surface area (Å²) in [5.74, 6) is -1.88. The van der Waals surface area contributed by atoms with Gasteiger partial charge in [0.2, 0.25) is 0 Å². The number of nitrogens with zero attached hydrogens (tertiary/aromatic N) is 4. The summed E-state index contributed by atoms with van der Waals surface area (Å²) in [7, 11) is 0. The highest BCUT2D eigenvalue weighted by Gasteiger charge is 2.67. The number of carbonyl (C=O) groups excluding carboxylic acids is 3. The maximum Gasteiger partial charge on any atom is 0.330 e. The molecule has 2 aliphatic heterocycles. The first kappa shape index (κ1) is 20.7. The third-order valence-electron chi connectivity index (χ3n) is 4.83. The van der Waals surface area contributed by atoms with Crippen LogP contribution >= 0.6 is 0 Å². The van der Waals surface area contributed by atoms with Gasteiger partial charge in [0.15, 0.2) is 0 Å². The molecule has 8 nitrogen and oxygen atoms in total. The van der Waals surface area contributed by atoms with Crippen molar-refractivity contribution >= 4 is 18.0 Å². The molecule has 1 atom stereocenters. The lowest BCUT2D eigenvalue weighted by Crippen LogP contribution is -2.69. The highest BCUT2D eigenvalue weighted by molar-refractivity contribution is 6.08. The fraction of sp³-hybridized carbons (Fsp3) is 0.526. The molecule has 27 heavy (non-hydrogen) atoms. The van der Waals surface area contributed by atoms with Crippen molar-refractivity contribution < 1.29 is 14.4 Å². The van der Waals surface area contributed by atoms with Gasteiger partial charge in [0, 0.05) is 39.3 Å². The van der Waals surface area contributed by atoms with E-state index in [1.54, 1.807) is 12.2 Å².